The molecular weight excluding hydrogens is 388 g/mol. The minimum absolute atomic E-state index is 0.151. The van der Waals surface area contributed by atoms with Crippen molar-refractivity contribution in [2.24, 2.45) is 5.10 Å². The molecule has 0 bridgehead atoms. The number of anilines is 1. The molecule has 0 fully saturated rings. The highest BCUT2D eigenvalue weighted by Gasteiger charge is 2.28. The molecule has 0 spiro atoms. The second kappa shape index (κ2) is 8.88. The second-order valence-corrected chi connectivity index (χ2v) is 7.38. The number of hydrogen-bond acceptors (Lipinski definition) is 4. The number of nitrogens with zero attached hydrogens (tertiary/aromatic N) is 2. The van der Waals surface area contributed by atoms with Crippen LogP contribution in [0.25, 0.3) is 6.08 Å². The molecule has 1 amide bonds. The fraction of sp³-hybridized carbons (Fsp3) is 0.154. The quantitative estimate of drug-likeness (QED) is 0.510. The minimum Gasteiger partial charge on any atom is -0.493 e. The van der Waals surface area contributed by atoms with Crippen molar-refractivity contribution in [1.82, 2.24) is 0 Å². The number of hydrazone groups is 1. The smallest absolute Gasteiger partial charge is 0.280 e. The van der Waals surface area contributed by atoms with E-state index in [2.05, 4.69) is 24.2 Å². The van der Waals surface area contributed by atoms with Gasteiger partial charge in [0.25, 0.3) is 5.91 Å². The third-order valence-electron chi connectivity index (χ3n) is 5.04. The zero-order valence-corrected chi connectivity index (χ0v) is 17.8. The Morgan fingerprint density at radius 1 is 0.935 bits per heavy atom. The van der Waals surface area contributed by atoms with Crippen LogP contribution in [0.4, 0.5) is 5.69 Å². The monoisotopic (exact) mass is 412 g/mol. The van der Waals surface area contributed by atoms with Gasteiger partial charge in [0, 0.05) is 0 Å². The number of aryl methyl sites for hydroxylation is 1. The van der Waals surface area contributed by atoms with E-state index in [-0.39, 0.29) is 5.91 Å². The summed E-state index contributed by atoms with van der Waals surface area (Å²) in [6.45, 7) is 4.35. The van der Waals surface area contributed by atoms with Gasteiger partial charge in [-0.1, -0.05) is 54.1 Å². The second-order valence-electron chi connectivity index (χ2n) is 7.38. The Labute approximate surface area is 182 Å². The summed E-state index contributed by atoms with van der Waals surface area (Å²) in [7, 11) is 1.61. The zero-order chi connectivity index (χ0) is 21.8. The van der Waals surface area contributed by atoms with Gasteiger partial charge in [-0.25, -0.2) is 0 Å². The van der Waals surface area contributed by atoms with E-state index in [1.807, 2.05) is 73.7 Å². The average molecular weight is 412 g/mol. The SMILES string of the molecule is COc1cc(/C=C2\C(=O)N(c3ccccc3)N=C2C)ccc1OCc1cccc(C)c1. The van der Waals surface area contributed by atoms with E-state index in [1.165, 1.54) is 10.6 Å². The van der Waals surface area contributed by atoms with Crippen LogP contribution >= 0.6 is 0 Å². The molecule has 1 heterocycles. The van der Waals surface area contributed by atoms with Crippen LogP contribution in [0.2, 0.25) is 0 Å². The van der Waals surface area contributed by atoms with E-state index in [0.29, 0.717) is 29.4 Å². The maximum absolute atomic E-state index is 12.9. The van der Waals surface area contributed by atoms with Crippen LogP contribution in [0.1, 0.15) is 23.6 Å². The van der Waals surface area contributed by atoms with Crippen molar-refractivity contribution in [1.29, 1.82) is 0 Å². The molecule has 0 atom stereocenters. The fourth-order valence-electron chi connectivity index (χ4n) is 3.45. The number of amides is 1. The molecule has 3 aromatic carbocycles. The van der Waals surface area contributed by atoms with Crippen molar-refractivity contribution in [3.8, 4) is 11.5 Å². The van der Waals surface area contributed by atoms with E-state index in [9.17, 15) is 4.79 Å². The molecule has 3 aromatic rings. The molecule has 5 nitrogen and oxygen atoms in total. The first-order valence-electron chi connectivity index (χ1n) is 10.1. The van der Waals surface area contributed by atoms with Crippen molar-refractivity contribution < 1.29 is 14.3 Å². The van der Waals surface area contributed by atoms with Crippen molar-refractivity contribution in [2.75, 3.05) is 12.1 Å². The lowest BCUT2D eigenvalue weighted by Crippen LogP contribution is -2.21. The number of carbonyl (C=O) groups excluding carboxylic acids is 1. The Hall–Kier alpha value is -3.86. The van der Waals surface area contributed by atoms with Gasteiger partial charge in [0.15, 0.2) is 11.5 Å². The Kier molecular flexibility index (Phi) is 5.85. The summed E-state index contributed by atoms with van der Waals surface area (Å²) in [4.78, 5) is 12.9. The average Bonchev–Trinajstić information content (AvgIpc) is 3.07. The van der Waals surface area contributed by atoms with E-state index in [1.54, 1.807) is 7.11 Å². The number of carbonyl (C=O) groups is 1. The highest BCUT2D eigenvalue weighted by molar-refractivity contribution is 6.32. The Morgan fingerprint density at radius 3 is 2.48 bits per heavy atom. The predicted molar refractivity (Wildman–Crippen MR) is 124 cm³/mol. The third-order valence-corrected chi connectivity index (χ3v) is 5.04. The summed E-state index contributed by atoms with van der Waals surface area (Å²) < 4.78 is 11.5. The van der Waals surface area contributed by atoms with Gasteiger partial charge in [0.2, 0.25) is 0 Å². The molecule has 31 heavy (non-hydrogen) atoms. The van der Waals surface area contributed by atoms with Gasteiger partial charge < -0.3 is 9.47 Å². The van der Waals surface area contributed by atoms with E-state index < -0.39 is 0 Å². The highest BCUT2D eigenvalue weighted by atomic mass is 16.5. The van der Waals surface area contributed by atoms with Crippen molar-refractivity contribution in [2.45, 2.75) is 20.5 Å². The van der Waals surface area contributed by atoms with Crippen molar-refractivity contribution >= 4 is 23.4 Å². The lowest BCUT2D eigenvalue weighted by Gasteiger charge is -2.12. The predicted octanol–water partition coefficient (Wildman–Crippen LogP) is 5.39. The van der Waals surface area contributed by atoms with E-state index in [0.717, 1.165) is 16.8 Å². The maximum Gasteiger partial charge on any atom is 0.280 e. The number of ether oxygens (including phenoxy) is 2. The molecule has 156 valence electrons. The van der Waals surface area contributed by atoms with Gasteiger partial charge in [-0.05, 0) is 55.3 Å². The highest BCUT2D eigenvalue weighted by Crippen LogP contribution is 2.31. The molecular formula is C26H24N2O3. The molecule has 1 aliphatic rings. The number of rotatable bonds is 6. The van der Waals surface area contributed by atoms with Gasteiger partial charge in [0.05, 0.1) is 24.1 Å². The summed E-state index contributed by atoms with van der Waals surface area (Å²) in [6, 6.07) is 23.2. The first-order chi connectivity index (χ1) is 15.0. The van der Waals surface area contributed by atoms with E-state index >= 15 is 0 Å². The molecule has 0 aliphatic carbocycles. The van der Waals surface area contributed by atoms with Gasteiger partial charge in [0.1, 0.15) is 6.61 Å². The summed E-state index contributed by atoms with van der Waals surface area (Å²) in [5, 5.41) is 5.85. The Morgan fingerprint density at radius 2 is 1.74 bits per heavy atom. The number of benzene rings is 3. The van der Waals surface area contributed by atoms with Crippen LogP contribution in [0.15, 0.2) is 83.5 Å². The Bertz CT molecular complexity index is 1170. The van der Waals surface area contributed by atoms with Gasteiger partial charge in [-0.2, -0.15) is 10.1 Å². The normalized spacial score (nSPS) is 14.7. The van der Waals surface area contributed by atoms with E-state index in [4.69, 9.17) is 9.47 Å². The van der Waals surface area contributed by atoms with Crippen LogP contribution in [0.5, 0.6) is 11.5 Å². The van der Waals surface area contributed by atoms with Gasteiger partial charge in [-0.15, -0.1) is 0 Å². The number of hydrogen-bond donors (Lipinski definition) is 0. The molecule has 5 heteroatoms. The zero-order valence-electron chi connectivity index (χ0n) is 17.8. The summed E-state index contributed by atoms with van der Waals surface area (Å²) in [5.74, 6) is 1.12. The topological polar surface area (TPSA) is 51.1 Å². The number of para-hydroxylation sites is 1. The van der Waals surface area contributed by atoms with Crippen LogP contribution in [0.3, 0.4) is 0 Å². The molecule has 0 saturated heterocycles. The number of methoxy groups -OCH3 is 1. The minimum atomic E-state index is -0.151. The molecule has 4 rings (SSSR count). The summed E-state index contributed by atoms with van der Waals surface area (Å²) in [5.41, 5.74) is 5.10. The Balaban J connectivity index is 1.54. The lowest BCUT2D eigenvalue weighted by molar-refractivity contribution is -0.114. The summed E-state index contributed by atoms with van der Waals surface area (Å²) >= 11 is 0. The molecule has 0 N–H and O–H groups in total. The fourth-order valence-corrected chi connectivity index (χ4v) is 3.45. The van der Waals surface area contributed by atoms with Gasteiger partial charge in [-0.3, -0.25) is 4.79 Å². The largest absolute Gasteiger partial charge is 0.493 e. The third kappa shape index (κ3) is 4.51. The van der Waals surface area contributed by atoms with Crippen LogP contribution in [-0.4, -0.2) is 18.7 Å². The molecule has 1 aliphatic heterocycles. The molecule has 0 unspecified atom stereocenters. The van der Waals surface area contributed by atoms with Crippen LogP contribution < -0.4 is 14.5 Å². The molecule has 0 radical (unpaired) electrons. The standard InChI is InChI=1S/C26H24N2O3/c1-18-8-7-9-21(14-18)17-31-24-13-12-20(16-25(24)30-3)15-23-19(2)27-28(26(23)29)22-10-5-4-6-11-22/h4-16H,17H2,1-3H3/b23-15-. The molecule has 0 saturated carbocycles. The first-order valence-corrected chi connectivity index (χ1v) is 10.1. The van der Waals surface area contributed by atoms with Crippen LogP contribution in [-0.2, 0) is 11.4 Å². The summed E-state index contributed by atoms with van der Waals surface area (Å²) in [6.07, 6.45) is 1.83. The van der Waals surface area contributed by atoms with Crippen LogP contribution in [0, 0.1) is 6.92 Å². The first kappa shape index (κ1) is 20.4. The lowest BCUT2D eigenvalue weighted by atomic mass is 10.1. The van der Waals surface area contributed by atoms with Crippen molar-refractivity contribution in [3.05, 3.63) is 95.1 Å². The van der Waals surface area contributed by atoms with Gasteiger partial charge >= 0.3 is 0 Å². The maximum atomic E-state index is 12.9. The van der Waals surface area contributed by atoms with Crippen molar-refractivity contribution in [3.63, 3.8) is 0 Å². The molecule has 0 aromatic heterocycles.